The zero-order valence-corrected chi connectivity index (χ0v) is 12.1. The lowest BCUT2D eigenvalue weighted by Gasteiger charge is -2.08. The number of halogens is 3. The van der Waals surface area contributed by atoms with Crippen molar-refractivity contribution < 1.29 is 4.39 Å². The predicted octanol–water partition coefficient (Wildman–Crippen LogP) is 4.36. The van der Waals surface area contributed by atoms with E-state index >= 15 is 0 Å². The first kappa shape index (κ1) is 13.0. The number of nitrogens with zero attached hydrogens (tertiary/aromatic N) is 2. The molecule has 0 aliphatic heterocycles. The van der Waals surface area contributed by atoms with Crippen LogP contribution in [0.5, 0.6) is 0 Å². The molecule has 2 aromatic rings. The number of nitrogens with one attached hydrogen (secondary N) is 1. The van der Waals surface area contributed by atoms with Gasteiger partial charge in [0.25, 0.3) is 0 Å². The molecule has 0 amide bonds. The minimum Gasteiger partial charge on any atom is -0.337 e. The lowest BCUT2D eigenvalue weighted by Crippen LogP contribution is -1.97. The minimum absolute atomic E-state index is 0.268. The van der Waals surface area contributed by atoms with E-state index in [1.165, 1.54) is 18.2 Å². The van der Waals surface area contributed by atoms with E-state index < -0.39 is 5.82 Å². The van der Waals surface area contributed by atoms with Gasteiger partial charge in [-0.2, -0.15) is 5.26 Å². The van der Waals surface area contributed by atoms with Gasteiger partial charge in [-0.05, 0) is 56.1 Å². The Bertz CT molecular complexity index is 638. The van der Waals surface area contributed by atoms with E-state index in [-0.39, 0.29) is 11.3 Å². The third kappa shape index (κ3) is 2.86. The molecule has 1 aromatic carbocycles. The van der Waals surface area contributed by atoms with Crippen molar-refractivity contribution in [2.45, 2.75) is 0 Å². The fourth-order valence-corrected chi connectivity index (χ4v) is 2.41. The van der Waals surface area contributed by atoms with Crippen LogP contribution in [0.1, 0.15) is 5.56 Å². The molecule has 0 saturated carbocycles. The Hall–Kier alpha value is -1.45. The zero-order valence-electron chi connectivity index (χ0n) is 8.92. The molecule has 0 aliphatic carbocycles. The van der Waals surface area contributed by atoms with E-state index in [9.17, 15) is 4.39 Å². The van der Waals surface area contributed by atoms with Crippen molar-refractivity contribution in [3.05, 3.63) is 50.8 Å². The normalized spacial score (nSPS) is 9.89. The van der Waals surface area contributed by atoms with Gasteiger partial charge in [-0.15, -0.1) is 0 Å². The number of hydrogen-bond acceptors (Lipinski definition) is 3. The summed E-state index contributed by atoms with van der Waals surface area (Å²) in [4.78, 5) is 4.12. The second-order valence-electron chi connectivity index (χ2n) is 3.42. The van der Waals surface area contributed by atoms with Gasteiger partial charge in [0, 0.05) is 10.7 Å². The fraction of sp³-hybridized carbons (Fsp3) is 0. The smallest absolute Gasteiger partial charge is 0.147 e. The van der Waals surface area contributed by atoms with Crippen molar-refractivity contribution in [1.82, 2.24) is 4.98 Å². The molecule has 2 rings (SSSR count). The Morgan fingerprint density at radius 1 is 1.28 bits per heavy atom. The molecule has 18 heavy (non-hydrogen) atoms. The van der Waals surface area contributed by atoms with Crippen LogP contribution in [0.2, 0.25) is 0 Å². The topological polar surface area (TPSA) is 48.7 Å². The molecule has 90 valence electrons. The number of pyridine rings is 1. The molecule has 0 fully saturated rings. The second-order valence-corrected chi connectivity index (χ2v) is 5.19. The van der Waals surface area contributed by atoms with E-state index in [2.05, 4.69) is 42.2 Å². The average molecular weight is 371 g/mol. The standard InChI is InChI=1S/C12H6Br2FN3/c13-8-4-9(14)12(17-6-8)18-11-2-1-7(5-16)3-10(11)15/h1-4,6H,(H,17,18). The van der Waals surface area contributed by atoms with Crippen LogP contribution in [0.15, 0.2) is 39.4 Å². The summed E-state index contributed by atoms with van der Waals surface area (Å²) in [5.74, 6) is 0.00692. The van der Waals surface area contributed by atoms with Gasteiger partial charge >= 0.3 is 0 Å². The van der Waals surface area contributed by atoms with Crippen LogP contribution in [0.25, 0.3) is 0 Å². The van der Waals surface area contributed by atoms with Crippen molar-refractivity contribution in [2.75, 3.05) is 5.32 Å². The highest BCUT2D eigenvalue weighted by molar-refractivity contribution is 9.11. The number of hydrogen-bond donors (Lipinski definition) is 1. The molecule has 1 aromatic heterocycles. The summed E-state index contributed by atoms with van der Waals surface area (Å²) in [7, 11) is 0. The largest absolute Gasteiger partial charge is 0.337 e. The summed E-state index contributed by atoms with van der Waals surface area (Å²) in [5.41, 5.74) is 0.547. The van der Waals surface area contributed by atoms with Gasteiger partial charge in [0.2, 0.25) is 0 Å². The van der Waals surface area contributed by atoms with Crippen molar-refractivity contribution in [3.63, 3.8) is 0 Å². The van der Waals surface area contributed by atoms with E-state index in [4.69, 9.17) is 5.26 Å². The van der Waals surface area contributed by atoms with E-state index in [0.29, 0.717) is 10.3 Å². The van der Waals surface area contributed by atoms with Crippen molar-refractivity contribution in [3.8, 4) is 6.07 Å². The molecule has 1 heterocycles. The number of benzene rings is 1. The fourth-order valence-electron chi connectivity index (χ4n) is 1.32. The summed E-state index contributed by atoms with van der Waals surface area (Å²) in [6.45, 7) is 0. The maximum atomic E-state index is 13.7. The first-order valence-electron chi connectivity index (χ1n) is 4.88. The Kier molecular flexibility index (Phi) is 3.94. The monoisotopic (exact) mass is 369 g/mol. The third-order valence-electron chi connectivity index (χ3n) is 2.16. The van der Waals surface area contributed by atoms with Gasteiger partial charge in [-0.3, -0.25) is 0 Å². The third-order valence-corrected chi connectivity index (χ3v) is 3.20. The summed E-state index contributed by atoms with van der Waals surface area (Å²) in [5, 5.41) is 11.5. The molecule has 0 saturated heterocycles. The van der Waals surface area contributed by atoms with Crippen molar-refractivity contribution in [1.29, 1.82) is 5.26 Å². The molecular weight excluding hydrogens is 365 g/mol. The molecule has 0 spiro atoms. The van der Waals surface area contributed by atoms with E-state index in [1.807, 2.05) is 6.07 Å². The van der Waals surface area contributed by atoms with Crippen molar-refractivity contribution in [2.24, 2.45) is 0 Å². The number of aromatic nitrogens is 1. The predicted molar refractivity (Wildman–Crippen MR) is 74.0 cm³/mol. The van der Waals surface area contributed by atoms with Crippen molar-refractivity contribution >= 4 is 43.4 Å². The van der Waals surface area contributed by atoms with Crippen LogP contribution in [0.4, 0.5) is 15.9 Å². The van der Waals surface area contributed by atoms with Gasteiger partial charge in [-0.25, -0.2) is 9.37 Å². The lowest BCUT2D eigenvalue weighted by atomic mass is 10.2. The van der Waals surface area contributed by atoms with Crippen LogP contribution < -0.4 is 5.32 Å². The molecule has 0 radical (unpaired) electrons. The van der Waals surface area contributed by atoms with Gasteiger partial charge in [0.1, 0.15) is 11.6 Å². The summed E-state index contributed by atoms with van der Waals surface area (Å²) in [6, 6.07) is 7.90. The van der Waals surface area contributed by atoms with Gasteiger partial charge in [-0.1, -0.05) is 0 Å². The Morgan fingerprint density at radius 3 is 2.67 bits per heavy atom. The van der Waals surface area contributed by atoms with Crippen LogP contribution in [0, 0.1) is 17.1 Å². The molecule has 0 unspecified atom stereocenters. The van der Waals surface area contributed by atoms with Gasteiger partial charge < -0.3 is 5.32 Å². The van der Waals surface area contributed by atoms with Crippen LogP contribution in [-0.2, 0) is 0 Å². The number of nitriles is 1. The maximum Gasteiger partial charge on any atom is 0.147 e. The summed E-state index contributed by atoms with van der Waals surface area (Å²) < 4.78 is 15.2. The minimum atomic E-state index is -0.495. The highest BCUT2D eigenvalue weighted by atomic mass is 79.9. The maximum absolute atomic E-state index is 13.7. The highest BCUT2D eigenvalue weighted by Crippen LogP contribution is 2.27. The molecule has 0 atom stereocenters. The molecule has 0 aliphatic rings. The molecule has 0 bridgehead atoms. The van der Waals surface area contributed by atoms with Crippen LogP contribution in [0.3, 0.4) is 0 Å². The molecule has 6 heteroatoms. The van der Waals surface area contributed by atoms with E-state index in [1.54, 1.807) is 12.3 Å². The van der Waals surface area contributed by atoms with Gasteiger partial charge in [0.15, 0.2) is 0 Å². The molecular formula is C12H6Br2FN3. The first-order chi connectivity index (χ1) is 8.60. The SMILES string of the molecule is N#Cc1ccc(Nc2ncc(Br)cc2Br)c(F)c1. The average Bonchev–Trinajstić information content (AvgIpc) is 2.34. The first-order valence-corrected chi connectivity index (χ1v) is 6.46. The van der Waals surface area contributed by atoms with E-state index in [0.717, 1.165) is 4.47 Å². The number of anilines is 2. The van der Waals surface area contributed by atoms with Crippen LogP contribution >= 0.6 is 31.9 Å². The quantitative estimate of drug-likeness (QED) is 0.854. The Balaban J connectivity index is 2.32. The number of rotatable bonds is 2. The van der Waals surface area contributed by atoms with Gasteiger partial charge in [0.05, 0.1) is 21.8 Å². The lowest BCUT2D eigenvalue weighted by molar-refractivity contribution is 0.631. The Morgan fingerprint density at radius 2 is 2.06 bits per heavy atom. The Labute approximate surface area is 120 Å². The summed E-state index contributed by atoms with van der Waals surface area (Å²) >= 11 is 6.61. The zero-order chi connectivity index (χ0) is 13.1. The molecule has 1 N–H and O–H groups in total. The second kappa shape index (κ2) is 5.46. The molecule has 3 nitrogen and oxygen atoms in total. The summed E-state index contributed by atoms with van der Waals surface area (Å²) in [6.07, 6.45) is 1.61. The highest BCUT2D eigenvalue weighted by Gasteiger charge is 2.07. The van der Waals surface area contributed by atoms with Crippen LogP contribution in [-0.4, -0.2) is 4.98 Å².